The monoisotopic (exact) mass is 314 g/mol. The van der Waals surface area contributed by atoms with Crippen LogP contribution in [0.3, 0.4) is 0 Å². The highest BCUT2D eigenvalue weighted by Gasteiger charge is 2.13. The van der Waals surface area contributed by atoms with Gasteiger partial charge in [0, 0.05) is 10.9 Å². The van der Waals surface area contributed by atoms with Crippen molar-refractivity contribution in [1.82, 2.24) is 9.88 Å². The molecule has 2 nitrogen and oxygen atoms in total. The molecule has 0 saturated carbocycles. The third-order valence-electron chi connectivity index (χ3n) is 4.75. The summed E-state index contributed by atoms with van der Waals surface area (Å²) in [6.45, 7) is 8.02. The van der Waals surface area contributed by atoms with Crippen molar-refractivity contribution in [3.05, 3.63) is 40.2 Å². The molecular formula is C19H26N2S. The molecule has 1 atom stereocenters. The van der Waals surface area contributed by atoms with Gasteiger partial charge >= 0.3 is 0 Å². The Balaban J connectivity index is 1.67. The number of hydrogen-bond acceptors (Lipinski definition) is 3. The van der Waals surface area contributed by atoms with E-state index in [1.165, 1.54) is 54.9 Å². The van der Waals surface area contributed by atoms with Crippen LogP contribution in [-0.2, 0) is 6.54 Å². The van der Waals surface area contributed by atoms with Gasteiger partial charge < -0.3 is 0 Å². The summed E-state index contributed by atoms with van der Waals surface area (Å²) in [7, 11) is 0. The summed E-state index contributed by atoms with van der Waals surface area (Å²) < 4.78 is 0. The van der Waals surface area contributed by atoms with E-state index in [0.717, 1.165) is 12.2 Å². The van der Waals surface area contributed by atoms with E-state index in [2.05, 4.69) is 48.4 Å². The first-order chi connectivity index (χ1) is 10.8. The topological polar surface area (TPSA) is 16.1 Å². The SMILES string of the molecule is CCC(C)c1ccc(-c2csc(CN3CCCCC3)n2)cc1. The first kappa shape index (κ1) is 15.7. The van der Waals surface area contributed by atoms with Gasteiger partial charge in [-0.2, -0.15) is 0 Å². The number of hydrogen-bond donors (Lipinski definition) is 0. The number of piperidine rings is 1. The minimum absolute atomic E-state index is 0.638. The Morgan fingerprint density at radius 1 is 1.14 bits per heavy atom. The van der Waals surface area contributed by atoms with Gasteiger partial charge in [-0.05, 0) is 43.8 Å². The second-order valence-corrected chi connectivity index (χ2v) is 7.34. The molecule has 3 rings (SSSR count). The predicted octanol–water partition coefficient (Wildman–Crippen LogP) is 5.31. The van der Waals surface area contributed by atoms with E-state index in [9.17, 15) is 0 Å². The Morgan fingerprint density at radius 3 is 2.55 bits per heavy atom. The number of likely N-dealkylation sites (tertiary alicyclic amines) is 1. The maximum Gasteiger partial charge on any atom is 0.107 e. The van der Waals surface area contributed by atoms with E-state index >= 15 is 0 Å². The normalized spacial score (nSPS) is 17.5. The summed E-state index contributed by atoms with van der Waals surface area (Å²) in [6.07, 6.45) is 5.27. The highest BCUT2D eigenvalue weighted by molar-refractivity contribution is 7.09. The number of benzene rings is 1. The second-order valence-electron chi connectivity index (χ2n) is 6.39. The number of aromatic nitrogens is 1. The van der Waals surface area contributed by atoms with Crippen LogP contribution in [-0.4, -0.2) is 23.0 Å². The van der Waals surface area contributed by atoms with E-state index in [1.807, 2.05) is 0 Å². The highest BCUT2D eigenvalue weighted by atomic mass is 32.1. The Labute approximate surface area is 138 Å². The van der Waals surface area contributed by atoms with Gasteiger partial charge in [-0.25, -0.2) is 4.98 Å². The second kappa shape index (κ2) is 7.38. The molecule has 0 N–H and O–H groups in total. The molecule has 1 fully saturated rings. The van der Waals surface area contributed by atoms with Crippen LogP contribution >= 0.6 is 11.3 Å². The van der Waals surface area contributed by atoms with E-state index in [-0.39, 0.29) is 0 Å². The van der Waals surface area contributed by atoms with Crippen molar-refractivity contribution >= 4 is 11.3 Å². The minimum Gasteiger partial charge on any atom is -0.297 e. The number of nitrogens with zero attached hydrogens (tertiary/aromatic N) is 2. The van der Waals surface area contributed by atoms with Crippen LogP contribution < -0.4 is 0 Å². The van der Waals surface area contributed by atoms with Crippen molar-refractivity contribution in [3.63, 3.8) is 0 Å². The van der Waals surface area contributed by atoms with E-state index in [1.54, 1.807) is 11.3 Å². The van der Waals surface area contributed by atoms with Crippen LogP contribution in [0.2, 0.25) is 0 Å². The molecule has 3 heteroatoms. The highest BCUT2D eigenvalue weighted by Crippen LogP contribution is 2.26. The lowest BCUT2D eigenvalue weighted by Crippen LogP contribution is -2.28. The zero-order valence-corrected chi connectivity index (χ0v) is 14.5. The van der Waals surface area contributed by atoms with Crippen molar-refractivity contribution in [2.75, 3.05) is 13.1 Å². The number of rotatable bonds is 5. The van der Waals surface area contributed by atoms with Gasteiger partial charge in [-0.1, -0.05) is 44.5 Å². The lowest BCUT2D eigenvalue weighted by Gasteiger charge is -2.25. The summed E-state index contributed by atoms with van der Waals surface area (Å²) in [5.41, 5.74) is 3.80. The zero-order chi connectivity index (χ0) is 15.4. The maximum atomic E-state index is 4.85. The fourth-order valence-electron chi connectivity index (χ4n) is 3.04. The molecular weight excluding hydrogens is 288 g/mol. The van der Waals surface area contributed by atoms with Crippen LogP contribution in [0.5, 0.6) is 0 Å². The molecule has 1 aromatic carbocycles. The van der Waals surface area contributed by atoms with Crippen molar-refractivity contribution < 1.29 is 0 Å². The van der Waals surface area contributed by atoms with Gasteiger partial charge in [0.15, 0.2) is 0 Å². The lowest BCUT2D eigenvalue weighted by atomic mass is 9.97. The van der Waals surface area contributed by atoms with Crippen LogP contribution in [0.15, 0.2) is 29.6 Å². The molecule has 0 bridgehead atoms. The van der Waals surface area contributed by atoms with Gasteiger partial charge in [-0.15, -0.1) is 11.3 Å². The molecule has 22 heavy (non-hydrogen) atoms. The Hall–Kier alpha value is -1.19. The minimum atomic E-state index is 0.638. The summed E-state index contributed by atoms with van der Waals surface area (Å²) in [4.78, 5) is 7.39. The third-order valence-corrected chi connectivity index (χ3v) is 5.58. The Morgan fingerprint density at radius 2 is 1.86 bits per heavy atom. The van der Waals surface area contributed by atoms with Crippen molar-refractivity contribution in [2.24, 2.45) is 0 Å². The molecule has 1 saturated heterocycles. The standard InChI is InChI=1S/C19H26N2S/c1-3-15(2)16-7-9-17(10-8-16)18-14-22-19(20-18)13-21-11-5-4-6-12-21/h7-10,14-15H,3-6,11-13H2,1-2H3. The molecule has 1 aliphatic heterocycles. The van der Waals surface area contributed by atoms with Crippen LogP contribution in [0, 0.1) is 0 Å². The summed E-state index contributed by atoms with van der Waals surface area (Å²) in [5.74, 6) is 0.638. The van der Waals surface area contributed by atoms with Gasteiger partial charge in [0.05, 0.1) is 12.2 Å². The maximum absolute atomic E-state index is 4.85. The molecule has 118 valence electrons. The summed E-state index contributed by atoms with van der Waals surface area (Å²) >= 11 is 1.80. The van der Waals surface area contributed by atoms with Crippen molar-refractivity contribution in [2.45, 2.75) is 52.0 Å². The van der Waals surface area contributed by atoms with Gasteiger partial charge in [0.25, 0.3) is 0 Å². The molecule has 1 aliphatic rings. The summed E-state index contributed by atoms with van der Waals surface area (Å²) in [5, 5.41) is 3.46. The Bertz CT molecular complexity index is 582. The average Bonchev–Trinajstić information content (AvgIpc) is 3.04. The molecule has 0 aliphatic carbocycles. The molecule has 2 heterocycles. The lowest BCUT2D eigenvalue weighted by molar-refractivity contribution is 0.220. The first-order valence-corrected chi connectivity index (χ1v) is 9.41. The quantitative estimate of drug-likeness (QED) is 0.743. The van der Waals surface area contributed by atoms with E-state index in [4.69, 9.17) is 4.98 Å². The Kier molecular flexibility index (Phi) is 5.27. The molecule has 2 aromatic rings. The van der Waals surface area contributed by atoms with Gasteiger partial charge in [-0.3, -0.25) is 4.90 Å². The molecule has 0 amide bonds. The van der Waals surface area contributed by atoms with Crippen molar-refractivity contribution in [1.29, 1.82) is 0 Å². The predicted molar refractivity (Wildman–Crippen MR) is 95.4 cm³/mol. The molecule has 1 unspecified atom stereocenters. The first-order valence-electron chi connectivity index (χ1n) is 8.53. The molecule has 0 radical (unpaired) electrons. The third kappa shape index (κ3) is 3.76. The molecule has 0 spiro atoms. The average molecular weight is 314 g/mol. The number of thiazole rings is 1. The summed E-state index contributed by atoms with van der Waals surface area (Å²) in [6, 6.07) is 8.96. The largest absolute Gasteiger partial charge is 0.297 e. The van der Waals surface area contributed by atoms with Crippen molar-refractivity contribution in [3.8, 4) is 11.3 Å². The van der Waals surface area contributed by atoms with Gasteiger partial charge in [0.1, 0.15) is 5.01 Å². The zero-order valence-electron chi connectivity index (χ0n) is 13.7. The van der Waals surface area contributed by atoms with E-state index in [0.29, 0.717) is 5.92 Å². The smallest absolute Gasteiger partial charge is 0.107 e. The fraction of sp³-hybridized carbons (Fsp3) is 0.526. The molecule has 1 aromatic heterocycles. The van der Waals surface area contributed by atoms with Crippen LogP contribution in [0.1, 0.15) is 56.0 Å². The van der Waals surface area contributed by atoms with Gasteiger partial charge in [0.2, 0.25) is 0 Å². The van der Waals surface area contributed by atoms with Crippen LogP contribution in [0.4, 0.5) is 0 Å². The van der Waals surface area contributed by atoms with Crippen LogP contribution in [0.25, 0.3) is 11.3 Å². The van der Waals surface area contributed by atoms with E-state index < -0.39 is 0 Å². The fourth-order valence-corrected chi connectivity index (χ4v) is 3.89.